The van der Waals surface area contributed by atoms with Gasteiger partial charge in [-0.15, -0.1) is 11.3 Å². The molecule has 0 unspecified atom stereocenters. The van der Waals surface area contributed by atoms with Crippen molar-refractivity contribution in [1.82, 2.24) is 4.98 Å². The van der Waals surface area contributed by atoms with Crippen LogP contribution in [-0.4, -0.2) is 16.8 Å². The van der Waals surface area contributed by atoms with Gasteiger partial charge in [0.05, 0.1) is 5.69 Å². The van der Waals surface area contributed by atoms with Gasteiger partial charge < -0.3 is 5.32 Å². The lowest BCUT2D eigenvalue weighted by atomic mass is 10.2. The van der Waals surface area contributed by atoms with Gasteiger partial charge in [0.15, 0.2) is 5.13 Å². The molecule has 0 saturated heterocycles. The van der Waals surface area contributed by atoms with E-state index in [1.165, 1.54) is 11.3 Å². The van der Waals surface area contributed by atoms with Crippen molar-refractivity contribution in [3.8, 4) is 0 Å². The number of aryl methyl sites for hydroxylation is 1. The van der Waals surface area contributed by atoms with E-state index in [0.29, 0.717) is 32.8 Å². The van der Waals surface area contributed by atoms with Crippen molar-refractivity contribution >= 4 is 57.2 Å². The van der Waals surface area contributed by atoms with Crippen LogP contribution in [0.15, 0.2) is 53.9 Å². The molecule has 8 heteroatoms. The van der Waals surface area contributed by atoms with E-state index in [2.05, 4.69) is 15.6 Å². The molecule has 1 aromatic heterocycles. The minimum atomic E-state index is -0.258. The SMILES string of the molecule is O=C(CCc1csc(NC(=O)c2ccc(Cl)cc2)n1)Nc1cccc(Cl)c1. The number of rotatable bonds is 6. The lowest BCUT2D eigenvalue weighted by molar-refractivity contribution is -0.116. The Morgan fingerprint density at radius 3 is 2.52 bits per heavy atom. The maximum atomic E-state index is 12.2. The zero-order valence-electron chi connectivity index (χ0n) is 14.0. The average molecular weight is 420 g/mol. The molecule has 27 heavy (non-hydrogen) atoms. The fourth-order valence-corrected chi connectivity index (χ4v) is 3.34. The maximum Gasteiger partial charge on any atom is 0.257 e. The molecule has 3 aromatic rings. The van der Waals surface area contributed by atoms with Gasteiger partial charge in [0.1, 0.15) is 0 Å². The molecular weight excluding hydrogens is 405 g/mol. The molecule has 0 spiro atoms. The van der Waals surface area contributed by atoms with Gasteiger partial charge in [0.2, 0.25) is 5.91 Å². The molecule has 2 N–H and O–H groups in total. The molecule has 1 heterocycles. The number of halogens is 2. The highest BCUT2D eigenvalue weighted by Gasteiger charge is 2.10. The zero-order valence-corrected chi connectivity index (χ0v) is 16.4. The van der Waals surface area contributed by atoms with E-state index in [1.807, 2.05) is 5.38 Å². The maximum absolute atomic E-state index is 12.2. The Bertz CT molecular complexity index is 958. The minimum Gasteiger partial charge on any atom is -0.326 e. The molecule has 0 aliphatic carbocycles. The van der Waals surface area contributed by atoms with Crippen LogP contribution in [0.3, 0.4) is 0 Å². The topological polar surface area (TPSA) is 71.1 Å². The lowest BCUT2D eigenvalue weighted by Crippen LogP contribution is -2.13. The van der Waals surface area contributed by atoms with Crippen molar-refractivity contribution in [2.24, 2.45) is 0 Å². The van der Waals surface area contributed by atoms with E-state index in [-0.39, 0.29) is 18.2 Å². The highest BCUT2D eigenvalue weighted by atomic mass is 35.5. The zero-order chi connectivity index (χ0) is 19.2. The number of nitrogens with one attached hydrogen (secondary N) is 2. The van der Waals surface area contributed by atoms with Gasteiger partial charge in [-0.05, 0) is 48.9 Å². The lowest BCUT2D eigenvalue weighted by Gasteiger charge is -2.04. The number of hydrogen-bond acceptors (Lipinski definition) is 4. The van der Waals surface area contributed by atoms with Crippen molar-refractivity contribution in [2.75, 3.05) is 10.6 Å². The molecule has 5 nitrogen and oxygen atoms in total. The highest BCUT2D eigenvalue weighted by molar-refractivity contribution is 7.14. The molecule has 0 fully saturated rings. The molecule has 3 rings (SSSR count). The van der Waals surface area contributed by atoms with Crippen LogP contribution in [-0.2, 0) is 11.2 Å². The second kappa shape index (κ2) is 8.99. The predicted molar refractivity (Wildman–Crippen MR) is 110 cm³/mol. The molecule has 2 amide bonds. The van der Waals surface area contributed by atoms with Crippen LogP contribution in [0.2, 0.25) is 10.0 Å². The van der Waals surface area contributed by atoms with Crippen LogP contribution in [0.25, 0.3) is 0 Å². The van der Waals surface area contributed by atoms with Crippen molar-refractivity contribution in [1.29, 1.82) is 0 Å². The summed E-state index contributed by atoms with van der Waals surface area (Å²) in [6.45, 7) is 0. The number of aromatic nitrogens is 1. The van der Waals surface area contributed by atoms with E-state index < -0.39 is 0 Å². The molecule has 0 atom stereocenters. The minimum absolute atomic E-state index is 0.128. The molecule has 0 aliphatic heterocycles. The largest absolute Gasteiger partial charge is 0.326 e. The number of anilines is 2. The number of nitrogens with zero attached hydrogens (tertiary/aromatic N) is 1. The Morgan fingerprint density at radius 1 is 1.00 bits per heavy atom. The summed E-state index contributed by atoms with van der Waals surface area (Å²) in [6, 6.07) is 13.6. The summed E-state index contributed by atoms with van der Waals surface area (Å²) in [4.78, 5) is 28.5. The number of benzene rings is 2. The Labute approximate surface area is 170 Å². The number of amides is 2. The fraction of sp³-hybridized carbons (Fsp3) is 0.105. The van der Waals surface area contributed by atoms with Crippen LogP contribution in [0, 0.1) is 0 Å². The van der Waals surface area contributed by atoms with Gasteiger partial charge in [-0.3, -0.25) is 14.9 Å². The third kappa shape index (κ3) is 5.79. The van der Waals surface area contributed by atoms with Gasteiger partial charge in [-0.25, -0.2) is 4.98 Å². The Kier molecular flexibility index (Phi) is 6.45. The number of thiazole rings is 1. The smallest absolute Gasteiger partial charge is 0.257 e. The highest BCUT2D eigenvalue weighted by Crippen LogP contribution is 2.19. The third-order valence-electron chi connectivity index (χ3n) is 3.60. The van der Waals surface area contributed by atoms with Crippen molar-refractivity contribution in [3.05, 3.63) is 75.2 Å². The van der Waals surface area contributed by atoms with E-state index in [9.17, 15) is 9.59 Å². The molecule has 138 valence electrons. The van der Waals surface area contributed by atoms with Crippen LogP contribution in [0.1, 0.15) is 22.5 Å². The van der Waals surface area contributed by atoms with Crippen LogP contribution in [0.5, 0.6) is 0 Å². The summed E-state index contributed by atoms with van der Waals surface area (Å²) in [5, 5.41) is 8.97. The van der Waals surface area contributed by atoms with Gasteiger partial charge in [0, 0.05) is 33.1 Å². The first-order chi connectivity index (χ1) is 13.0. The summed E-state index contributed by atoms with van der Waals surface area (Å²) in [7, 11) is 0. The number of carbonyl (C=O) groups excluding carboxylic acids is 2. The summed E-state index contributed by atoms with van der Waals surface area (Å²) in [6.07, 6.45) is 0.751. The first-order valence-corrected chi connectivity index (χ1v) is 9.70. The molecular formula is C19H15Cl2N3O2S. The first kappa shape index (κ1) is 19.4. The van der Waals surface area contributed by atoms with Crippen LogP contribution in [0.4, 0.5) is 10.8 Å². The quantitative estimate of drug-likeness (QED) is 0.571. The Hall–Kier alpha value is -2.41. The van der Waals surface area contributed by atoms with E-state index in [1.54, 1.807) is 48.5 Å². The molecule has 0 aliphatic rings. The molecule has 0 saturated carbocycles. The average Bonchev–Trinajstić information content (AvgIpc) is 3.08. The summed E-state index contributed by atoms with van der Waals surface area (Å²) in [5.74, 6) is -0.386. The second-order valence-corrected chi connectivity index (χ2v) is 7.39. The predicted octanol–water partition coefficient (Wildman–Crippen LogP) is 5.27. The van der Waals surface area contributed by atoms with Crippen LogP contribution < -0.4 is 10.6 Å². The normalized spacial score (nSPS) is 10.4. The molecule has 0 bridgehead atoms. The molecule has 0 radical (unpaired) electrons. The van der Waals surface area contributed by atoms with E-state index in [4.69, 9.17) is 23.2 Å². The van der Waals surface area contributed by atoms with E-state index >= 15 is 0 Å². The van der Waals surface area contributed by atoms with Gasteiger partial charge >= 0.3 is 0 Å². The van der Waals surface area contributed by atoms with Crippen molar-refractivity contribution < 1.29 is 9.59 Å². The first-order valence-electron chi connectivity index (χ1n) is 8.06. The van der Waals surface area contributed by atoms with Gasteiger partial charge in [-0.2, -0.15) is 0 Å². The molecule has 2 aromatic carbocycles. The summed E-state index contributed by atoms with van der Waals surface area (Å²) in [5.41, 5.74) is 1.89. The Balaban J connectivity index is 1.51. The number of hydrogen-bond donors (Lipinski definition) is 2. The van der Waals surface area contributed by atoms with Gasteiger partial charge in [0.25, 0.3) is 5.91 Å². The Morgan fingerprint density at radius 2 is 1.78 bits per heavy atom. The summed E-state index contributed by atoms with van der Waals surface area (Å²) < 4.78 is 0. The van der Waals surface area contributed by atoms with E-state index in [0.717, 1.165) is 5.69 Å². The standard InChI is InChI=1S/C19H15Cl2N3O2S/c20-13-6-4-12(5-7-13)18(26)24-19-23-16(11-27-19)8-9-17(25)22-15-3-1-2-14(21)10-15/h1-7,10-11H,8-9H2,(H,22,25)(H,23,24,26). The van der Waals surface area contributed by atoms with Crippen molar-refractivity contribution in [2.45, 2.75) is 12.8 Å². The number of carbonyl (C=O) groups is 2. The van der Waals surface area contributed by atoms with Gasteiger partial charge in [-0.1, -0.05) is 29.3 Å². The summed E-state index contributed by atoms with van der Waals surface area (Å²) >= 11 is 13.0. The second-order valence-electron chi connectivity index (χ2n) is 5.66. The third-order valence-corrected chi connectivity index (χ3v) is 4.89. The fourth-order valence-electron chi connectivity index (χ4n) is 2.28. The monoisotopic (exact) mass is 419 g/mol. The van der Waals surface area contributed by atoms with Crippen LogP contribution >= 0.6 is 34.5 Å². The van der Waals surface area contributed by atoms with Crippen molar-refractivity contribution in [3.63, 3.8) is 0 Å².